The summed E-state index contributed by atoms with van der Waals surface area (Å²) in [5.41, 5.74) is 0.832. The molecule has 1 aliphatic heterocycles. The molecule has 1 N–H and O–H groups in total. The van der Waals surface area contributed by atoms with Gasteiger partial charge in [-0.3, -0.25) is 14.9 Å². The zero-order valence-corrected chi connectivity index (χ0v) is 20.4. The molecule has 0 radical (unpaired) electrons. The van der Waals surface area contributed by atoms with Gasteiger partial charge in [-0.15, -0.1) is 0 Å². The van der Waals surface area contributed by atoms with Gasteiger partial charge in [-0.1, -0.05) is 35.3 Å². The Morgan fingerprint density at radius 1 is 0.972 bits per heavy atom. The first-order chi connectivity index (χ1) is 17.3. The van der Waals surface area contributed by atoms with Gasteiger partial charge in [-0.05, 0) is 67.1 Å². The minimum absolute atomic E-state index is 0.0364. The fraction of sp³-hybridized carbons (Fsp3) is 0.115. The van der Waals surface area contributed by atoms with Crippen LogP contribution in [0.2, 0.25) is 10.0 Å². The molecule has 3 aromatic rings. The molecule has 7 nitrogen and oxygen atoms in total. The number of nitrogens with one attached hydrogen (secondary N) is 1. The number of barbiturate groups is 1. The molecule has 0 spiro atoms. The maximum Gasteiger partial charge on any atom is 0.335 e. The van der Waals surface area contributed by atoms with E-state index < -0.39 is 17.8 Å². The number of benzene rings is 3. The molecule has 1 saturated heterocycles. The van der Waals surface area contributed by atoms with Crippen LogP contribution >= 0.6 is 23.2 Å². The van der Waals surface area contributed by atoms with Gasteiger partial charge in [0.15, 0.2) is 0 Å². The van der Waals surface area contributed by atoms with Gasteiger partial charge in [0.1, 0.15) is 29.5 Å². The predicted molar refractivity (Wildman–Crippen MR) is 134 cm³/mol. The number of carbonyl (C=O) groups excluding carboxylic acids is 3. The molecule has 184 valence electrons. The first-order valence-electron chi connectivity index (χ1n) is 10.8. The van der Waals surface area contributed by atoms with Gasteiger partial charge in [0.2, 0.25) is 0 Å². The van der Waals surface area contributed by atoms with E-state index in [1.165, 1.54) is 42.5 Å². The molecule has 0 unspecified atom stereocenters. The number of halogens is 3. The smallest absolute Gasteiger partial charge is 0.335 e. The SMILES string of the molecule is CCOc1ccc(N2C(=O)NC(=O)/C(=C\c3cc(Cl)cc(Cl)c3OCc3ccc(F)cc3)C2=O)cc1. The fourth-order valence-electron chi connectivity index (χ4n) is 3.48. The van der Waals surface area contributed by atoms with Crippen LogP contribution in [0.3, 0.4) is 0 Å². The molecular weight excluding hydrogens is 510 g/mol. The number of ether oxygens (including phenoxy) is 2. The molecule has 10 heteroatoms. The molecule has 0 aliphatic carbocycles. The maximum absolute atomic E-state index is 13.3. The van der Waals surface area contributed by atoms with Crippen molar-refractivity contribution in [2.24, 2.45) is 0 Å². The van der Waals surface area contributed by atoms with Gasteiger partial charge in [0.25, 0.3) is 11.8 Å². The van der Waals surface area contributed by atoms with Crippen molar-refractivity contribution in [1.82, 2.24) is 5.32 Å². The number of nitrogens with zero attached hydrogens (tertiary/aromatic N) is 1. The van der Waals surface area contributed by atoms with E-state index in [9.17, 15) is 18.8 Å². The minimum Gasteiger partial charge on any atom is -0.494 e. The van der Waals surface area contributed by atoms with Crippen LogP contribution in [0, 0.1) is 5.82 Å². The minimum atomic E-state index is -0.886. The number of urea groups is 1. The van der Waals surface area contributed by atoms with E-state index in [2.05, 4.69) is 5.32 Å². The summed E-state index contributed by atoms with van der Waals surface area (Å²) >= 11 is 12.5. The van der Waals surface area contributed by atoms with Gasteiger partial charge in [0.05, 0.1) is 17.3 Å². The highest BCUT2D eigenvalue weighted by Gasteiger charge is 2.37. The molecule has 1 fully saturated rings. The average Bonchev–Trinajstić information content (AvgIpc) is 2.83. The van der Waals surface area contributed by atoms with E-state index in [1.807, 2.05) is 6.92 Å². The topological polar surface area (TPSA) is 84.9 Å². The number of hydrogen-bond donors (Lipinski definition) is 1. The molecular formula is C26H19Cl2FN2O5. The van der Waals surface area contributed by atoms with Crippen LogP contribution in [0.1, 0.15) is 18.1 Å². The van der Waals surface area contributed by atoms with Gasteiger partial charge in [-0.25, -0.2) is 14.1 Å². The van der Waals surface area contributed by atoms with Crippen molar-refractivity contribution in [1.29, 1.82) is 0 Å². The van der Waals surface area contributed by atoms with Gasteiger partial charge in [0, 0.05) is 10.6 Å². The molecule has 1 aliphatic rings. The van der Waals surface area contributed by atoms with Gasteiger partial charge >= 0.3 is 6.03 Å². The van der Waals surface area contributed by atoms with Crippen LogP contribution in [0.5, 0.6) is 11.5 Å². The Morgan fingerprint density at radius 3 is 2.33 bits per heavy atom. The summed E-state index contributed by atoms with van der Waals surface area (Å²) in [7, 11) is 0. The van der Waals surface area contributed by atoms with E-state index in [0.29, 0.717) is 17.9 Å². The number of anilines is 1. The first-order valence-corrected chi connectivity index (χ1v) is 11.5. The summed E-state index contributed by atoms with van der Waals surface area (Å²) in [6.45, 7) is 2.32. The second-order valence-electron chi connectivity index (χ2n) is 7.61. The van der Waals surface area contributed by atoms with E-state index in [1.54, 1.807) is 24.3 Å². The van der Waals surface area contributed by atoms with Gasteiger partial charge in [-0.2, -0.15) is 0 Å². The molecule has 0 bridgehead atoms. The Hall–Kier alpha value is -3.88. The summed E-state index contributed by atoms with van der Waals surface area (Å²) < 4.78 is 24.4. The number of amides is 4. The summed E-state index contributed by atoms with van der Waals surface area (Å²) in [5.74, 6) is -1.39. The predicted octanol–water partition coefficient (Wildman–Crippen LogP) is 5.78. The van der Waals surface area contributed by atoms with Crippen LogP contribution in [0.15, 0.2) is 66.2 Å². The number of rotatable bonds is 7. The van der Waals surface area contributed by atoms with Crippen molar-refractivity contribution in [3.63, 3.8) is 0 Å². The normalized spacial score (nSPS) is 14.7. The lowest BCUT2D eigenvalue weighted by Crippen LogP contribution is -2.54. The second-order valence-corrected chi connectivity index (χ2v) is 8.45. The summed E-state index contributed by atoms with van der Waals surface area (Å²) in [6.07, 6.45) is 1.25. The summed E-state index contributed by atoms with van der Waals surface area (Å²) in [4.78, 5) is 39.2. The maximum atomic E-state index is 13.3. The Morgan fingerprint density at radius 2 is 1.67 bits per heavy atom. The molecule has 0 atom stereocenters. The molecule has 36 heavy (non-hydrogen) atoms. The zero-order valence-electron chi connectivity index (χ0n) is 18.9. The second kappa shape index (κ2) is 10.8. The van der Waals surface area contributed by atoms with Crippen molar-refractivity contribution in [2.75, 3.05) is 11.5 Å². The highest BCUT2D eigenvalue weighted by Crippen LogP contribution is 2.35. The first kappa shape index (κ1) is 25.2. The Balaban J connectivity index is 1.67. The third-order valence-corrected chi connectivity index (χ3v) is 5.64. The lowest BCUT2D eigenvalue weighted by Gasteiger charge is -2.26. The standard InChI is InChI=1S/C26H19Cl2FN2O5/c1-2-35-20-9-7-19(8-10-20)31-25(33)21(24(32)30-26(31)34)12-16-11-17(27)13-22(28)23(16)36-14-15-3-5-18(29)6-4-15/h3-13H,2,14H2,1H3,(H,30,32,34)/b21-12+. The average molecular weight is 529 g/mol. The summed E-state index contributed by atoms with van der Waals surface area (Å²) in [5, 5.41) is 2.54. The number of carbonyl (C=O) groups is 3. The largest absolute Gasteiger partial charge is 0.494 e. The number of hydrogen-bond acceptors (Lipinski definition) is 5. The molecule has 3 aromatic carbocycles. The van der Waals surface area contributed by atoms with E-state index in [-0.39, 0.29) is 45.0 Å². The zero-order chi connectivity index (χ0) is 25.8. The third kappa shape index (κ3) is 5.50. The van der Waals surface area contributed by atoms with Crippen LogP contribution < -0.4 is 19.7 Å². The monoisotopic (exact) mass is 528 g/mol. The lowest BCUT2D eigenvalue weighted by molar-refractivity contribution is -0.122. The van der Waals surface area contributed by atoms with Crippen LogP contribution in [-0.4, -0.2) is 24.5 Å². The van der Waals surface area contributed by atoms with Crippen molar-refractivity contribution < 1.29 is 28.2 Å². The summed E-state index contributed by atoms with van der Waals surface area (Å²) in [6, 6.07) is 14.0. The Kier molecular flexibility index (Phi) is 7.57. The van der Waals surface area contributed by atoms with E-state index >= 15 is 0 Å². The van der Waals surface area contributed by atoms with Crippen LogP contribution in [-0.2, 0) is 16.2 Å². The fourth-order valence-corrected chi connectivity index (χ4v) is 4.05. The molecule has 0 aromatic heterocycles. The van der Waals surface area contributed by atoms with E-state index in [0.717, 1.165) is 4.90 Å². The van der Waals surface area contributed by atoms with Crippen molar-refractivity contribution >= 4 is 52.8 Å². The third-order valence-electron chi connectivity index (χ3n) is 5.14. The molecule has 4 rings (SSSR count). The molecule has 1 heterocycles. The Labute approximate surface area is 216 Å². The van der Waals surface area contributed by atoms with Crippen LogP contribution in [0.25, 0.3) is 6.08 Å². The highest BCUT2D eigenvalue weighted by atomic mass is 35.5. The highest BCUT2D eigenvalue weighted by molar-refractivity contribution is 6.40. The van der Waals surface area contributed by atoms with Crippen LogP contribution in [0.4, 0.5) is 14.9 Å². The van der Waals surface area contributed by atoms with Crippen molar-refractivity contribution in [2.45, 2.75) is 13.5 Å². The molecule has 0 saturated carbocycles. The van der Waals surface area contributed by atoms with Crippen molar-refractivity contribution in [3.8, 4) is 11.5 Å². The Bertz CT molecular complexity index is 1360. The number of imide groups is 2. The van der Waals surface area contributed by atoms with E-state index in [4.69, 9.17) is 32.7 Å². The van der Waals surface area contributed by atoms with Crippen molar-refractivity contribution in [3.05, 3.63) is 93.2 Å². The molecule has 4 amide bonds. The van der Waals surface area contributed by atoms with Gasteiger partial charge < -0.3 is 9.47 Å². The quantitative estimate of drug-likeness (QED) is 0.310. The lowest BCUT2D eigenvalue weighted by atomic mass is 10.1.